The van der Waals surface area contributed by atoms with E-state index in [9.17, 15) is 0 Å². The molecule has 6 heteroatoms. The first kappa shape index (κ1) is 17.3. The molecule has 0 atom stereocenters. The average Bonchev–Trinajstić information content (AvgIpc) is 3.00. The number of nitrogens with zero attached hydrogens (tertiary/aromatic N) is 3. The highest BCUT2D eigenvalue weighted by Crippen LogP contribution is 2.36. The number of halogens is 1. The van der Waals surface area contributed by atoms with Crippen molar-refractivity contribution in [3.63, 3.8) is 0 Å². The van der Waals surface area contributed by atoms with Gasteiger partial charge in [-0.15, -0.1) is 24.0 Å². The molecule has 0 unspecified atom stereocenters. The van der Waals surface area contributed by atoms with Crippen LogP contribution in [0.25, 0.3) is 0 Å². The molecule has 0 bridgehead atoms. The first-order valence-corrected chi connectivity index (χ1v) is 7.04. The summed E-state index contributed by atoms with van der Waals surface area (Å²) in [5, 5.41) is 10.9. The zero-order chi connectivity index (χ0) is 13.7. The zero-order valence-electron chi connectivity index (χ0n) is 12.6. The molecule has 0 radical (unpaired) electrons. The molecule has 20 heavy (non-hydrogen) atoms. The van der Waals surface area contributed by atoms with E-state index in [4.69, 9.17) is 0 Å². The molecule has 1 aromatic rings. The molecular formula is C14H26IN5. The molecule has 5 nitrogen and oxygen atoms in total. The maximum atomic E-state index is 4.27. The van der Waals surface area contributed by atoms with Gasteiger partial charge in [0.25, 0.3) is 0 Å². The van der Waals surface area contributed by atoms with Gasteiger partial charge in [0, 0.05) is 26.8 Å². The Morgan fingerprint density at radius 3 is 2.65 bits per heavy atom. The van der Waals surface area contributed by atoms with Gasteiger partial charge in [-0.3, -0.25) is 9.67 Å². The van der Waals surface area contributed by atoms with Crippen LogP contribution in [0.1, 0.15) is 38.3 Å². The van der Waals surface area contributed by atoms with E-state index >= 15 is 0 Å². The number of hydrogen-bond acceptors (Lipinski definition) is 2. The third kappa shape index (κ3) is 4.64. The SMILES string of the molecule is CN=C(NCc1ccnn1C)NCC1(C)CCCC1.I. The monoisotopic (exact) mass is 391 g/mol. The van der Waals surface area contributed by atoms with Crippen molar-refractivity contribution in [1.82, 2.24) is 20.4 Å². The first-order valence-electron chi connectivity index (χ1n) is 7.04. The molecule has 0 spiro atoms. The van der Waals surface area contributed by atoms with E-state index in [-0.39, 0.29) is 24.0 Å². The van der Waals surface area contributed by atoms with Gasteiger partial charge < -0.3 is 10.6 Å². The van der Waals surface area contributed by atoms with Gasteiger partial charge in [-0.25, -0.2) is 0 Å². The van der Waals surface area contributed by atoms with Crippen molar-refractivity contribution in [2.75, 3.05) is 13.6 Å². The van der Waals surface area contributed by atoms with Gasteiger partial charge in [-0.1, -0.05) is 19.8 Å². The molecule has 0 amide bonds. The topological polar surface area (TPSA) is 54.2 Å². The minimum Gasteiger partial charge on any atom is -0.356 e. The van der Waals surface area contributed by atoms with Gasteiger partial charge in [0.05, 0.1) is 12.2 Å². The van der Waals surface area contributed by atoms with Crippen LogP contribution in [0.15, 0.2) is 17.3 Å². The lowest BCUT2D eigenvalue weighted by atomic mass is 9.89. The highest BCUT2D eigenvalue weighted by atomic mass is 127. The van der Waals surface area contributed by atoms with Crippen LogP contribution in [0.2, 0.25) is 0 Å². The molecule has 114 valence electrons. The van der Waals surface area contributed by atoms with E-state index in [1.165, 1.54) is 25.7 Å². The Morgan fingerprint density at radius 2 is 2.10 bits per heavy atom. The van der Waals surface area contributed by atoms with E-state index in [2.05, 4.69) is 27.6 Å². The van der Waals surface area contributed by atoms with Crippen molar-refractivity contribution < 1.29 is 0 Å². The molecule has 1 heterocycles. The van der Waals surface area contributed by atoms with Gasteiger partial charge >= 0.3 is 0 Å². The maximum Gasteiger partial charge on any atom is 0.191 e. The average molecular weight is 391 g/mol. The fraction of sp³-hybridized carbons (Fsp3) is 0.714. The van der Waals surface area contributed by atoms with Gasteiger partial charge in [-0.05, 0) is 24.3 Å². The molecule has 1 fully saturated rings. The summed E-state index contributed by atoms with van der Waals surface area (Å²) in [5.41, 5.74) is 1.58. The molecular weight excluding hydrogens is 365 g/mol. The van der Waals surface area contributed by atoms with Gasteiger partial charge in [-0.2, -0.15) is 5.10 Å². The maximum absolute atomic E-state index is 4.27. The minimum atomic E-state index is 0. The van der Waals surface area contributed by atoms with Crippen LogP contribution < -0.4 is 10.6 Å². The third-order valence-corrected chi connectivity index (χ3v) is 4.08. The second kappa shape index (κ2) is 7.85. The van der Waals surface area contributed by atoms with Crippen LogP contribution in [0.3, 0.4) is 0 Å². The summed E-state index contributed by atoms with van der Waals surface area (Å²) in [6.45, 7) is 4.10. The number of aryl methyl sites for hydroxylation is 1. The lowest BCUT2D eigenvalue weighted by Crippen LogP contribution is -2.42. The normalized spacial score (nSPS) is 17.6. The Balaban J connectivity index is 0.00000200. The number of aromatic nitrogens is 2. The molecule has 1 aliphatic carbocycles. The van der Waals surface area contributed by atoms with Gasteiger partial charge in [0.2, 0.25) is 0 Å². The number of rotatable bonds is 4. The van der Waals surface area contributed by atoms with Crippen molar-refractivity contribution in [1.29, 1.82) is 0 Å². The Bertz CT molecular complexity index is 435. The Labute approximate surface area is 138 Å². The number of nitrogens with one attached hydrogen (secondary N) is 2. The standard InChI is InChI=1S/C14H25N5.HI/c1-14(7-4-5-8-14)11-17-13(15-2)16-10-12-6-9-18-19(12)3;/h6,9H,4-5,7-8,10-11H2,1-3H3,(H2,15,16,17);1H. The Hall–Kier alpha value is -0.790. The summed E-state index contributed by atoms with van der Waals surface area (Å²) >= 11 is 0. The fourth-order valence-electron chi connectivity index (χ4n) is 2.67. The van der Waals surface area contributed by atoms with E-state index in [0.717, 1.165) is 24.7 Å². The number of aliphatic imine (C=N–C) groups is 1. The Kier molecular flexibility index (Phi) is 6.78. The lowest BCUT2D eigenvalue weighted by Gasteiger charge is -2.25. The summed E-state index contributed by atoms with van der Waals surface area (Å²) < 4.78 is 1.87. The smallest absolute Gasteiger partial charge is 0.191 e. The van der Waals surface area contributed by atoms with Crippen LogP contribution in [0.4, 0.5) is 0 Å². The Morgan fingerprint density at radius 1 is 1.40 bits per heavy atom. The van der Waals surface area contributed by atoms with Crippen molar-refractivity contribution >= 4 is 29.9 Å². The third-order valence-electron chi connectivity index (χ3n) is 4.08. The van der Waals surface area contributed by atoms with Gasteiger partial charge in [0.15, 0.2) is 5.96 Å². The molecule has 1 aliphatic rings. The van der Waals surface area contributed by atoms with E-state index in [1.807, 2.05) is 31.0 Å². The summed E-state index contributed by atoms with van der Waals surface area (Å²) in [6, 6.07) is 2.01. The quantitative estimate of drug-likeness (QED) is 0.471. The van der Waals surface area contributed by atoms with Crippen molar-refractivity contribution in [3.05, 3.63) is 18.0 Å². The molecule has 0 aromatic carbocycles. The molecule has 2 N–H and O–H groups in total. The van der Waals surface area contributed by atoms with Gasteiger partial charge in [0.1, 0.15) is 0 Å². The minimum absolute atomic E-state index is 0. The second-order valence-electron chi connectivity index (χ2n) is 5.74. The second-order valence-corrected chi connectivity index (χ2v) is 5.74. The number of hydrogen-bond donors (Lipinski definition) is 2. The summed E-state index contributed by atoms with van der Waals surface area (Å²) in [4.78, 5) is 4.27. The molecule has 1 aromatic heterocycles. The molecule has 0 saturated heterocycles. The first-order chi connectivity index (χ1) is 9.13. The molecule has 0 aliphatic heterocycles. The van der Waals surface area contributed by atoms with Crippen molar-refractivity contribution in [3.8, 4) is 0 Å². The van der Waals surface area contributed by atoms with Crippen LogP contribution in [0.5, 0.6) is 0 Å². The predicted octanol–water partition coefficient (Wildman–Crippen LogP) is 2.28. The van der Waals surface area contributed by atoms with Crippen molar-refractivity contribution in [2.24, 2.45) is 17.5 Å². The van der Waals surface area contributed by atoms with E-state index in [1.54, 1.807) is 0 Å². The highest BCUT2D eigenvalue weighted by molar-refractivity contribution is 14.0. The zero-order valence-corrected chi connectivity index (χ0v) is 15.0. The highest BCUT2D eigenvalue weighted by Gasteiger charge is 2.28. The summed E-state index contributed by atoms with van der Waals surface area (Å²) in [6.07, 6.45) is 7.17. The molecule has 1 saturated carbocycles. The van der Waals surface area contributed by atoms with Crippen LogP contribution in [-0.2, 0) is 13.6 Å². The largest absolute Gasteiger partial charge is 0.356 e. The van der Waals surface area contributed by atoms with Crippen molar-refractivity contribution in [2.45, 2.75) is 39.2 Å². The number of guanidine groups is 1. The predicted molar refractivity (Wildman–Crippen MR) is 93.4 cm³/mol. The lowest BCUT2D eigenvalue weighted by molar-refractivity contribution is 0.334. The summed E-state index contributed by atoms with van der Waals surface area (Å²) in [7, 11) is 3.77. The van der Waals surface area contributed by atoms with E-state index in [0.29, 0.717) is 5.41 Å². The van der Waals surface area contributed by atoms with E-state index < -0.39 is 0 Å². The fourth-order valence-corrected chi connectivity index (χ4v) is 2.67. The van der Waals surface area contributed by atoms with Crippen LogP contribution >= 0.6 is 24.0 Å². The summed E-state index contributed by atoms with van der Waals surface area (Å²) in [5.74, 6) is 0.870. The molecule has 2 rings (SSSR count). The van der Waals surface area contributed by atoms with Crippen LogP contribution in [0, 0.1) is 5.41 Å². The van der Waals surface area contributed by atoms with Crippen LogP contribution in [-0.4, -0.2) is 29.3 Å².